The topological polar surface area (TPSA) is 67.0 Å². The van der Waals surface area contributed by atoms with Crippen LogP contribution < -0.4 is 9.47 Å². The molecule has 1 aliphatic carbocycles. The van der Waals surface area contributed by atoms with Gasteiger partial charge in [0.2, 0.25) is 0 Å². The van der Waals surface area contributed by atoms with Crippen LogP contribution >= 0.6 is 0 Å². The molecule has 1 aliphatic heterocycles. The van der Waals surface area contributed by atoms with Crippen LogP contribution in [-0.2, 0) is 6.54 Å². The predicted molar refractivity (Wildman–Crippen MR) is 106 cm³/mol. The molecule has 0 amide bonds. The van der Waals surface area contributed by atoms with Gasteiger partial charge in [-0.2, -0.15) is 5.10 Å². The van der Waals surface area contributed by atoms with Crippen molar-refractivity contribution in [2.75, 3.05) is 6.61 Å². The molecule has 1 aromatic carbocycles. The number of hydrogen-bond donors (Lipinski definition) is 0. The second-order valence-electron chi connectivity index (χ2n) is 7.84. The van der Waals surface area contributed by atoms with Gasteiger partial charge < -0.3 is 14.0 Å². The van der Waals surface area contributed by atoms with Crippen molar-refractivity contribution in [3.8, 4) is 34.4 Å². The van der Waals surface area contributed by atoms with Crippen LogP contribution in [0.4, 0.5) is 0 Å². The first-order valence-electron chi connectivity index (χ1n) is 10.0. The first kappa shape index (κ1) is 17.3. The zero-order valence-corrected chi connectivity index (χ0v) is 16.6. The van der Waals surface area contributed by atoms with Gasteiger partial charge in [0.25, 0.3) is 0 Å². The van der Waals surface area contributed by atoms with Gasteiger partial charge in [0, 0.05) is 18.3 Å². The van der Waals surface area contributed by atoms with Crippen LogP contribution in [-0.4, -0.2) is 37.0 Å². The van der Waals surface area contributed by atoms with E-state index in [9.17, 15) is 0 Å². The molecule has 1 saturated carbocycles. The molecule has 0 bridgehead atoms. The van der Waals surface area contributed by atoms with Crippen molar-refractivity contribution in [3.63, 3.8) is 0 Å². The zero-order chi connectivity index (χ0) is 19.3. The third-order valence-corrected chi connectivity index (χ3v) is 5.37. The second kappa shape index (κ2) is 6.65. The quantitative estimate of drug-likeness (QED) is 0.685. The number of aryl methyl sites for hydroxylation is 1. The fraction of sp³-hybridized carbons (Fsp3) is 0.476. The Bertz CT molecular complexity index is 1020. The van der Waals surface area contributed by atoms with Gasteiger partial charge in [0.15, 0.2) is 5.82 Å². The second-order valence-corrected chi connectivity index (χ2v) is 7.84. The predicted octanol–water partition coefficient (Wildman–Crippen LogP) is 4.02. The van der Waals surface area contributed by atoms with Crippen molar-refractivity contribution in [3.05, 3.63) is 30.2 Å². The fourth-order valence-electron chi connectivity index (χ4n) is 3.69. The molecular weight excluding hydrogens is 354 g/mol. The Hall–Kier alpha value is -2.83. The molecule has 2 aliphatic rings. The molecule has 0 saturated heterocycles. The highest BCUT2D eigenvalue weighted by Crippen LogP contribution is 2.37. The average molecular weight is 379 g/mol. The Labute approximate surface area is 164 Å². The van der Waals surface area contributed by atoms with Gasteiger partial charge in [-0.25, -0.2) is 14.6 Å². The van der Waals surface area contributed by atoms with Crippen molar-refractivity contribution in [1.29, 1.82) is 0 Å². The van der Waals surface area contributed by atoms with E-state index in [1.54, 1.807) is 0 Å². The number of aromatic nitrogens is 5. The zero-order valence-electron chi connectivity index (χ0n) is 16.6. The highest BCUT2D eigenvalue weighted by molar-refractivity contribution is 5.69. The van der Waals surface area contributed by atoms with E-state index in [1.807, 2.05) is 23.7 Å². The maximum absolute atomic E-state index is 6.04. The summed E-state index contributed by atoms with van der Waals surface area (Å²) in [7, 11) is 0. The van der Waals surface area contributed by atoms with Gasteiger partial charge >= 0.3 is 0 Å². The molecule has 2 aromatic heterocycles. The Kier molecular flexibility index (Phi) is 4.10. The summed E-state index contributed by atoms with van der Waals surface area (Å²) >= 11 is 0. The van der Waals surface area contributed by atoms with Gasteiger partial charge in [-0.05, 0) is 52.2 Å². The summed E-state index contributed by atoms with van der Waals surface area (Å²) in [4.78, 5) is 9.53. The molecule has 0 N–H and O–H groups in total. The van der Waals surface area contributed by atoms with Crippen LogP contribution in [0.15, 0.2) is 24.4 Å². The van der Waals surface area contributed by atoms with Crippen molar-refractivity contribution in [2.24, 2.45) is 0 Å². The molecule has 1 fully saturated rings. The number of hydrogen-bond acceptors (Lipinski definition) is 5. The number of benzene rings is 1. The molecule has 0 spiro atoms. The van der Waals surface area contributed by atoms with Gasteiger partial charge in [-0.3, -0.25) is 0 Å². The highest BCUT2D eigenvalue weighted by atomic mass is 16.5. The van der Waals surface area contributed by atoms with E-state index in [0.29, 0.717) is 12.7 Å². The van der Waals surface area contributed by atoms with Gasteiger partial charge in [0.05, 0.1) is 18.2 Å². The van der Waals surface area contributed by atoms with Gasteiger partial charge in [-0.15, -0.1) is 0 Å². The number of ether oxygens (including phenoxy) is 2. The maximum Gasteiger partial charge on any atom is 0.178 e. The van der Waals surface area contributed by atoms with E-state index < -0.39 is 0 Å². The minimum Gasteiger partial charge on any atom is -0.491 e. The van der Waals surface area contributed by atoms with Crippen molar-refractivity contribution < 1.29 is 9.47 Å². The third-order valence-electron chi connectivity index (χ3n) is 5.37. The molecule has 3 aromatic rings. The average Bonchev–Trinajstić information content (AvgIpc) is 3.18. The smallest absolute Gasteiger partial charge is 0.178 e. The SMILES string of the molecule is Cc1nc(-c2cn3c(n2)-c2ccc(OC4CCC4)cc2OCC3)n(C(C)C)n1. The summed E-state index contributed by atoms with van der Waals surface area (Å²) in [5.74, 6) is 4.16. The van der Waals surface area contributed by atoms with Crippen LogP contribution in [0.1, 0.15) is 45.0 Å². The highest BCUT2D eigenvalue weighted by Gasteiger charge is 2.24. The van der Waals surface area contributed by atoms with E-state index in [4.69, 9.17) is 14.5 Å². The summed E-state index contributed by atoms with van der Waals surface area (Å²) in [6, 6.07) is 6.29. The van der Waals surface area contributed by atoms with E-state index in [1.165, 1.54) is 6.42 Å². The number of fused-ring (bicyclic) bond motifs is 3. The molecule has 146 valence electrons. The molecule has 7 nitrogen and oxygen atoms in total. The van der Waals surface area contributed by atoms with Crippen molar-refractivity contribution in [2.45, 2.75) is 58.7 Å². The fourth-order valence-corrected chi connectivity index (χ4v) is 3.69. The van der Waals surface area contributed by atoms with E-state index in [0.717, 1.165) is 59.6 Å². The first-order valence-corrected chi connectivity index (χ1v) is 10.0. The lowest BCUT2D eigenvalue weighted by Gasteiger charge is -2.26. The minimum atomic E-state index is 0.222. The standard InChI is InChI=1S/C21H25N5O2/c1-13(2)26-21(22-14(3)24-26)18-12-25-9-10-27-19-11-16(28-15-5-4-6-15)7-8-17(19)20(25)23-18/h7-8,11-13,15H,4-6,9-10H2,1-3H3. The monoisotopic (exact) mass is 379 g/mol. The lowest BCUT2D eigenvalue weighted by Crippen LogP contribution is -2.24. The Balaban J connectivity index is 1.53. The molecule has 28 heavy (non-hydrogen) atoms. The normalized spacial score (nSPS) is 16.1. The van der Waals surface area contributed by atoms with Crippen molar-refractivity contribution in [1.82, 2.24) is 24.3 Å². The summed E-state index contributed by atoms with van der Waals surface area (Å²) in [5, 5.41) is 4.52. The number of nitrogens with zero attached hydrogens (tertiary/aromatic N) is 5. The molecular formula is C21H25N5O2. The Morgan fingerprint density at radius 2 is 2.04 bits per heavy atom. The largest absolute Gasteiger partial charge is 0.491 e. The van der Waals surface area contributed by atoms with Crippen LogP contribution in [0, 0.1) is 6.92 Å². The van der Waals surface area contributed by atoms with Gasteiger partial charge in [0.1, 0.15) is 35.4 Å². The lowest BCUT2D eigenvalue weighted by atomic mass is 9.96. The minimum absolute atomic E-state index is 0.222. The number of rotatable bonds is 4. The maximum atomic E-state index is 6.04. The van der Waals surface area contributed by atoms with Crippen molar-refractivity contribution >= 4 is 0 Å². The molecule has 0 unspecified atom stereocenters. The first-order chi connectivity index (χ1) is 13.6. The molecule has 5 rings (SSSR count). The van der Waals surface area contributed by atoms with Crippen LogP contribution in [0.25, 0.3) is 22.9 Å². The summed E-state index contributed by atoms with van der Waals surface area (Å²) < 4.78 is 16.1. The molecule has 0 radical (unpaired) electrons. The van der Waals surface area contributed by atoms with E-state index >= 15 is 0 Å². The van der Waals surface area contributed by atoms with E-state index in [2.05, 4.69) is 40.8 Å². The summed E-state index contributed by atoms with van der Waals surface area (Å²) in [5.41, 5.74) is 1.82. The lowest BCUT2D eigenvalue weighted by molar-refractivity contribution is 0.120. The summed E-state index contributed by atoms with van der Waals surface area (Å²) in [6.07, 6.45) is 5.94. The molecule has 7 heteroatoms. The van der Waals surface area contributed by atoms with Crippen LogP contribution in [0.2, 0.25) is 0 Å². The molecule has 3 heterocycles. The Morgan fingerprint density at radius 1 is 1.18 bits per heavy atom. The third kappa shape index (κ3) is 2.95. The number of imidazole rings is 1. The van der Waals surface area contributed by atoms with E-state index in [-0.39, 0.29) is 6.04 Å². The summed E-state index contributed by atoms with van der Waals surface area (Å²) in [6.45, 7) is 7.45. The van der Waals surface area contributed by atoms with Crippen LogP contribution in [0.3, 0.4) is 0 Å². The van der Waals surface area contributed by atoms with Gasteiger partial charge in [-0.1, -0.05) is 0 Å². The molecule has 0 atom stereocenters. The van der Waals surface area contributed by atoms with Crippen LogP contribution in [0.5, 0.6) is 11.5 Å². The Morgan fingerprint density at radius 3 is 2.79 bits per heavy atom.